The van der Waals surface area contributed by atoms with Gasteiger partial charge in [-0.1, -0.05) is 36.4 Å². The van der Waals surface area contributed by atoms with Gasteiger partial charge < -0.3 is 9.80 Å². The van der Waals surface area contributed by atoms with E-state index in [1.807, 2.05) is 58.7 Å². The second-order valence-corrected chi connectivity index (χ2v) is 9.23. The highest BCUT2D eigenvalue weighted by molar-refractivity contribution is 5.95. The maximum Gasteiger partial charge on any atom is 0.254 e. The Bertz CT molecular complexity index is 1600. The molecule has 2 aromatic heterocycles. The van der Waals surface area contributed by atoms with Gasteiger partial charge in [0.25, 0.3) is 5.91 Å². The minimum Gasteiger partial charge on any atom is -0.338 e. The van der Waals surface area contributed by atoms with Gasteiger partial charge in [0.15, 0.2) is 11.5 Å². The van der Waals surface area contributed by atoms with Gasteiger partial charge in [0, 0.05) is 42.2 Å². The van der Waals surface area contributed by atoms with Gasteiger partial charge in [-0.05, 0) is 55.8 Å². The molecular formula is C28H25FN6O. The van der Waals surface area contributed by atoms with Gasteiger partial charge in [-0.2, -0.15) is 0 Å². The zero-order valence-corrected chi connectivity index (χ0v) is 20.1. The molecule has 1 fully saturated rings. The molecule has 0 radical (unpaired) electrons. The average molecular weight is 481 g/mol. The number of nitrogens with zero attached hydrogens (tertiary/aromatic N) is 6. The van der Waals surface area contributed by atoms with Crippen LogP contribution in [0.5, 0.6) is 0 Å². The molecule has 1 saturated heterocycles. The van der Waals surface area contributed by atoms with E-state index in [2.05, 4.69) is 28.1 Å². The lowest BCUT2D eigenvalue weighted by Gasteiger charge is -2.40. The molecule has 0 bridgehead atoms. The van der Waals surface area contributed by atoms with Crippen LogP contribution in [0.1, 0.15) is 22.8 Å². The van der Waals surface area contributed by atoms with Crippen molar-refractivity contribution in [3.63, 3.8) is 0 Å². The Balaban J connectivity index is 1.41. The third-order valence-electron chi connectivity index (χ3n) is 6.88. The molecule has 0 saturated carbocycles. The first kappa shape index (κ1) is 22.2. The predicted molar refractivity (Wildman–Crippen MR) is 138 cm³/mol. The lowest BCUT2D eigenvalue weighted by atomic mass is 10.1. The number of halogens is 1. The van der Waals surface area contributed by atoms with E-state index < -0.39 is 0 Å². The summed E-state index contributed by atoms with van der Waals surface area (Å²) in [5.41, 5.74) is 4.20. The molecule has 1 atom stereocenters. The van der Waals surface area contributed by atoms with Crippen LogP contribution in [0.15, 0.2) is 72.8 Å². The number of hydrogen-bond acceptors (Lipinski definition) is 5. The lowest BCUT2D eigenvalue weighted by molar-refractivity contribution is 0.0673. The number of para-hydroxylation sites is 1. The lowest BCUT2D eigenvalue weighted by Crippen LogP contribution is -2.54. The fourth-order valence-electron chi connectivity index (χ4n) is 4.98. The summed E-state index contributed by atoms with van der Waals surface area (Å²) >= 11 is 0. The van der Waals surface area contributed by atoms with Crippen molar-refractivity contribution in [1.29, 1.82) is 0 Å². The molecule has 0 unspecified atom stereocenters. The van der Waals surface area contributed by atoms with Crippen LogP contribution >= 0.6 is 0 Å². The van der Waals surface area contributed by atoms with Crippen molar-refractivity contribution in [3.05, 3.63) is 89.7 Å². The van der Waals surface area contributed by atoms with Crippen LogP contribution < -0.4 is 4.90 Å². The number of aryl methyl sites for hydroxylation is 1. The Kier molecular flexibility index (Phi) is 5.36. The highest BCUT2D eigenvalue weighted by atomic mass is 19.1. The number of hydrogen-bond donors (Lipinski definition) is 0. The van der Waals surface area contributed by atoms with Gasteiger partial charge in [-0.3, -0.25) is 4.79 Å². The van der Waals surface area contributed by atoms with E-state index in [0.717, 1.165) is 39.4 Å². The molecule has 6 rings (SSSR count). The van der Waals surface area contributed by atoms with Crippen LogP contribution in [0.4, 0.5) is 10.3 Å². The number of rotatable bonds is 3. The monoisotopic (exact) mass is 480 g/mol. The highest BCUT2D eigenvalue weighted by Crippen LogP contribution is 2.31. The number of piperazine rings is 1. The molecule has 0 aliphatic carbocycles. The third kappa shape index (κ3) is 3.66. The SMILES string of the molecule is Cc1ccccc1-c1nnc2c3ccccc3nc(N3CCN(C(=O)c4ccc(F)cc4)[C@@H](C)C3)n12. The summed E-state index contributed by atoms with van der Waals surface area (Å²) in [5.74, 6) is 1.05. The number of aromatic nitrogens is 4. The molecule has 180 valence electrons. The normalized spacial score (nSPS) is 16.1. The molecule has 3 heterocycles. The molecule has 3 aromatic carbocycles. The Morgan fingerprint density at radius 3 is 2.47 bits per heavy atom. The topological polar surface area (TPSA) is 66.6 Å². The molecule has 0 spiro atoms. The zero-order chi connectivity index (χ0) is 24.8. The minimum absolute atomic E-state index is 0.0713. The molecule has 7 nitrogen and oxygen atoms in total. The second kappa shape index (κ2) is 8.71. The van der Waals surface area contributed by atoms with Crippen molar-refractivity contribution < 1.29 is 9.18 Å². The van der Waals surface area contributed by atoms with E-state index in [0.29, 0.717) is 25.2 Å². The van der Waals surface area contributed by atoms with Gasteiger partial charge in [-0.25, -0.2) is 13.8 Å². The number of fused-ring (bicyclic) bond motifs is 3. The fourth-order valence-corrected chi connectivity index (χ4v) is 4.98. The van der Waals surface area contributed by atoms with Crippen molar-refractivity contribution in [1.82, 2.24) is 24.5 Å². The quantitative estimate of drug-likeness (QED) is 0.373. The van der Waals surface area contributed by atoms with Crippen molar-refractivity contribution in [2.75, 3.05) is 24.5 Å². The Hall–Kier alpha value is -4.33. The predicted octanol–water partition coefficient (Wildman–Crippen LogP) is 4.74. The zero-order valence-electron chi connectivity index (χ0n) is 20.1. The Morgan fingerprint density at radius 1 is 0.944 bits per heavy atom. The molecule has 36 heavy (non-hydrogen) atoms. The summed E-state index contributed by atoms with van der Waals surface area (Å²) in [6, 6.07) is 21.7. The summed E-state index contributed by atoms with van der Waals surface area (Å²) in [4.78, 5) is 22.2. The highest BCUT2D eigenvalue weighted by Gasteiger charge is 2.31. The van der Waals surface area contributed by atoms with Crippen LogP contribution in [0.25, 0.3) is 27.9 Å². The number of anilines is 1. The molecule has 1 aliphatic heterocycles. The number of carbonyl (C=O) groups excluding carboxylic acids is 1. The van der Waals surface area contributed by atoms with Gasteiger partial charge in [-0.15, -0.1) is 10.2 Å². The van der Waals surface area contributed by atoms with Gasteiger partial charge in [0.1, 0.15) is 5.82 Å². The van der Waals surface area contributed by atoms with Crippen LogP contribution in [0.2, 0.25) is 0 Å². The summed E-state index contributed by atoms with van der Waals surface area (Å²) in [7, 11) is 0. The van der Waals surface area contributed by atoms with Crippen molar-refractivity contribution >= 4 is 28.4 Å². The maximum atomic E-state index is 13.3. The number of benzene rings is 3. The average Bonchev–Trinajstić information content (AvgIpc) is 3.34. The molecule has 1 aliphatic rings. The number of carbonyl (C=O) groups is 1. The minimum atomic E-state index is -0.353. The standard InChI is InChI=1S/C28H25FN6O/c1-18-7-3-4-8-22(18)25-31-32-26-23-9-5-6-10-24(23)30-28(35(25)26)33-15-16-34(19(2)17-33)27(36)20-11-13-21(29)14-12-20/h3-14,19H,15-17H2,1-2H3/t19-/m0/s1. The fraction of sp³-hybridized carbons (Fsp3) is 0.214. The number of amides is 1. The van der Waals surface area contributed by atoms with E-state index in [1.54, 1.807) is 0 Å². The summed E-state index contributed by atoms with van der Waals surface area (Å²) in [5, 5.41) is 10.1. The van der Waals surface area contributed by atoms with Crippen LogP contribution in [0.3, 0.4) is 0 Å². The van der Waals surface area contributed by atoms with E-state index in [9.17, 15) is 9.18 Å². The molecule has 5 aromatic rings. The molecular weight excluding hydrogens is 455 g/mol. The smallest absolute Gasteiger partial charge is 0.254 e. The first-order valence-corrected chi connectivity index (χ1v) is 12.0. The second-order valence-electron chi connectivity index (χ2n) is 9.23. The largest absolute Gasteiger partial charge is 0.338 e. The Morgan fingerprint density at radius 2 is 1.69 bits per heavy atom. The maximum absolute atomic E-state index is 13.3. The first-order valence-electron chi connectivity index (χ1n) is 12.0. The van der Waals surface area contributed by atoms with Crippen LogP contribution in [-0.4, -0.2) is 56.1 Å². The first-order chi connectivity index (χ1) is 17.5. The third-order valence-corrected chi connectivity index (χ3v) is 6.88. The summed E-state index contributed by atoms with van der Waals surface area (Å²) in [6.45, 7) is 5.81. The van der Waals surface area contributed by atoms with Gasteiger partial charge >= 0.3 is 0 Å². The van der Waals surface area contributed by atoms with Crippen molar-refractivity contribution in [3.8, 4) is 11.4 Å². The molecule has 8 heteroatoms. The van der Waals surface area contributed by atoms with Gasteiger partial charge in [0.05, 0.1) is 5.52 Å². The van der Waals surface area contributed by atoms with E-state index >= 15 is 0 Å². The molecule has 1 amide bonds. The van der Waals surface area contributed by atoms with Crippen LogP contribution in [0, 0.1) is 12.7 Å². The van der Waals surface area contributed by atoms with E-state index in [1.165, 1.54) is 24.3 Å². The van der Waals surface area contributed by atoms with E-state index in [4.69, 9.17) is 4.98 Å². The van der Waals surface area contributed by atoms with Crippen LogP contribution in [-0.2, 0) is 0 Å². The van der Waals surface area contributed by atoms with Crippen molar-refractivity contribution in [2.45, 2.75) is 19.9 Å². The van der Waals surface area contributed by atoms with Crippen molar-refractivity contribution in [2.24, 2.45) is 0 Å². The van der Waals surface area contributed by atoms with E-state index in [-0.39, 0.29) is 17.8 Å². The van der Waals surface area contributed by atoms with Gasteiger partial charge in [0.2, 0.25) is 5.95 Å². The molecule has 0 N–H and O–H groups in total. The Labute approximate surface area is 207 Å². The summed E-state index contributed by atoms with van der Waals surface area (Å²) < 4.78 is 15.4. The summed E-state index contributed by atoms with van der Waals surface area (Å²) in [6.07, 6.45) is 0.